The molecule has 3 rings (SSSR count). The van der Waals surface area contributed by atoms with Crippen molar-refractivity contribution in [2.75, 3.05) is 6.54 Å². The number of fused-ring (bicyclic) bond motifs is 5. The second-order valence-electron chi connectivity index (χ2n) is 7.07. The molecule has 5 heteroatoms. The van der Waals surface area contributed by atoms with E-state index in [1.807, 2.05) is 6.92 Å². The molecule has 3 fully saturated rings. The average molecular weight is 280 g/mol. The van der Waals surface area contributed by atoms with E-state index in [4.69, 9.17) is 0 Å². The average Bonchev–Trinajstić information content (AvgIpc) is 2.78. The molecule has 2 N–H and O–H groups in total. The summed E-state index contributed by atoms with van der Waals surface area (Å²) >= 11 is 0. The number of nitrogens with zero attached hydrogens (tertiary/aromatic N) is 1. The van der Waals surface area contributed by atoms with E-state index in [-0.39, 0.29) is 6.03 Å². The highest BCUT2D eigenvalue weighted by atomic mass is 16.4. The molecule has 0 aliphatic heterocycles. The number of carbonyl (C=O) groups is 2. The summed E-state index contributed by atoms with van der Waals surface area (Å²) in [7, 11) is 0. The highest BCUT2D eigenvalue weighted by Crippen LogP contribution is 2.65. The molecular weight excluding hydrogens is 256 g/mol. The number of aliphatic carboxylic acids is 1. The molecule has 0 aromatic carbocycles. The Kier molecular flexibility index (Phi) is 2.99. The number of urea groups is 1. The summed E-state index contributed by atoms with van der Waals surface area (Å²) in [6.07, 6.45) is 3.98. The predicted octanol–water partition coefficient (Wildman–Crippen LogP) is 1.93. The minimum absolute atomic E-state index is 0.223. The first-order valence-electron chi connectivity index (χ1n) is 7.69. The van der Waals surface area contributed by atoms with Crippen LogP contribution in [0.2, 0.25) is 0 Å². The number of nitrogens with one attached hydrogen (secondary N) is 1. The molecule has 0 aromatic heterocycles. The Morgan fingerprint density at radius 3 is 2.25 bits per heavy atom. The fourth-order valence-electron chi connectivity index (χ4n) is 4.65. The third-order valence-corrected chi connectivity index (χ3v) is 5.79. The summed E-state index contributed by atoms with van der Waals surface area (Å²) in [6.45, 7) is 5.38. The second-order valence-corrected chi connectivity index (χ2v) is 7.07. The van der Waals surface area contributed by atoms with Crippen molar-refractivity contribution in [2.24, 2.45) is 23.7 Å². The van der Waals surface area contributed by atoms with Crippen molar-refractivity contribution in [1.82, 2.24) is 10.2 Å². The molecule has 0 aromatic rings. The van der Waals surface area contributed by atoms with Gasteiger partial charge < -0.3 is 15.3 Å². The van der Waals surface area contributed by atoms with E-state index in [1.54, 1.807) is 13.8 Å². The standard InChI is InChI=1S/C15H24N2O3/c1-4-17(15(2,3)13(18)19)14(20)16-12-10-8-5-6-9(7-8)11(10)12/h8-12H,4-7H2,1-3H3,(H,16,20)(H,18,19). The van der Waals surface area contributed by atoms with Crippen molar-refractivity contribution < 1.29 is 14.7 Å². The van der Waals surface area contributed by atoms with Crippen LogP contribution in [0, 0.1) is 23.7 Å². The van der Waals surface area contributed by atoms with Crippen LogP contribution in [0.3, 0.4) is 0 Å². The minimum atomic E-state index is -1.16. The van der Waals surface area contributed by atoms with Gasteiger partial charge in [0, 0.05) is 12.6 Å². The molecule has 0 spiro atoms. The van der Waals surface area contributed by atoms with Gasteiger partial charge in [-0.3, -0.25) is 0 Å². The lowest BCUT2D eigenvalue weighted by Crippen LogP contribution is -2.56. The molecular formula is C15H24N2O3. The van der Waals surface area contributed by atoms with E-state index in [2.05, 4.69) is 5.32 Å². The number of likely N-dealkylation sites (N-methyl/N-ethyl adjacent to an activating group) is 1. The Morgan fingerprint density at radius 1 is 1.25 bits per heavy atom. The van der Waals surface area contributed by atoms with Crippen molar-refractivity contribution in [3.63, 3.8) is 0 Å². The van der Waals surface area contributed by atoms with Crippen molar-refractivity contribution in [2.45, 2.75) is 51.6 Å². The van der Waals surface area contributed by atoms with Crippen LogP contribution in [0.25, 0.3) is 0 Å². The van der Waals surface area contributed by atoms with Crippen LogP contribution < -0.4 is 5.32 Å². The zero-order chi connectivity index (χ0) is 14.7. The summed E-state index contributed by atoms with van der Waals surface area (Å²) in [5.41, 5.74) is -1.16. The molecule has 3 saturated carbocycles. The number of rotatable bonds is 4. The molecule has 112 valence electrons. The second kappa shape index (κ2) is 4.37. The van der Waals surface area contributed by atoms with E-state index in [0.29, 0.717) is 24.4 Å². The maximum atomic E-state index is 12.4. The molecule has 3 aliphatic rings. The smallest absolute Gasteiger partial charge is 0.329 e. The van der Waals surface area contributed by atoms with E-state index in [0.717, 1.165) is 11.8 Å². The molecule has 4 unspecified atom stereocenters. The summed E-state index contributed by atoms with van der Waals surface area (Å²) in [4.78, 5) is 25.1. The molecule has 2 bridgehead atoms. The van der Waals surface area contributed by atoms with Gasteiger partial charge in [-0.05, 0) is 63.7 Å². The monoisotopic (exact) mass is 280 g/mol. The third kappa shape index (κ3) is 1.82. The molecule has 0 heterocycles. The van der Waals surface area contributed by atoms with Crippen LogP contribution in [0.15, 0.2) is 0 Å². The van der Waals surface area contributed by atoms with Crippen molar-refractivity contribution in [3.8, 4) is 0 Å². The molecule has 5 nitrogen and oxygen atoms in total. The fourth-order valence-corrected chi connectivity index (χ4v) is 4.65. The van der Waals surface area contributed by atoms with Gasteiger partial charge in [0.2, 0.25) is 0 Å². The lowest BCUT2D eigenvalue weighted by atomic mass is 10.0. The first kappa shape index (κ1) is 13.7. The Balaban J connectivity index is 1.63. The molecule has 2 amide bonds. The number of amides is 2. The highest BCUT2D eigenvalue weighted by Gasteiger charge is 2.65. The normalized spacial score (nSPS) is 37.5. The van der Waals surface area contributed by atoms with Crippen LogP contribution in [0.4, 0.5) is 4.79 Å². The van der Waals surface area contributed by atoms with Gasteiger partial charge in [-0.25, -0.2) is 9.59 Å². The van der Waals surface area contributed by atoms with Gasteiger partial charge in [0.25, 0.3) is 0 Å². The molecule has 0 radical (unpaired) electrons. The zero-order valence-electron chi connectivity index (χ0n) is 12.4. The van der Waals surface area contributed by atoms with Crippen molar-refractivity contribution >= 4 is 12.0 Å². The van der Waals surface area contributed by atoms with Gasteiger partial charge in [-0.1, -0.05) is 0 Å². The third-order valence-electron chi connectivity index (χ3n) is 5.79. The Labute approximate surface area is 119 Å². The van der Waals surface area contributed by atoms with Crippen molar-refractivity contribution in [3.05, 3.63) is 0 Å². The lowest BCUT2D eigenvalue weighted by Gasteiger charge is -2.34. The van der Waals surface area contributed by atoms with Gasteiger partial charge in [0.15, 0.2) is 0 Å². The molecule has 4 atom stereocenters. The van der Waals surface area contributed by atoms with E-state index >= 15 is 0 Å². The number of carboxylic acids is 1. The van der Waals surface area contributed by atoms with Crippen LogP contribution >= 0.6 is 0 Å². The quantitative estimate of drug-likeness (QED) is 0.826. The molecule has 3 aliphatic carbocycles. The van der Waals surface area contributed by atoms with Gasteiger partial charge in [-0.2, -0.15) is 0 Å². The fraction of sp³-hybridized carbons (Fsp3) is 0.867. The van der Waals surface area contributed by atoms with Crippen molar-refractivity contribution in [1.29, 1.82) is 0 Å². The van der Waals surface area contributed by atoms with Gasteiger partial charge >= 0.3 is 12.0 Å². The van der Waals surface area contributed by atoms with Gasteiger partial charge in [-0.15, -0.1) is 0 Å². The van der Waals surface area contributed by atoms with Crippen LogP contribution in [0.5, 0.6) is 0 Å². The van der Waals surface area contributed by atoms with E-state index in [9.17, 15) is 14.7 Å². The first-order chi connectivity index (χ1) is 9.37. The van der Waals surface area contributed by atoms with E-state index in [1.165, 1.54) is 24.2 Å². The van der Waals surface area contributed by atoms with Gasteiger partial charge in [0.1, 0.15) is 5.54 Å². The van der Waals surface area contributed by atoms with E-state index < -0.39 is 11.5 Å². The van der Waals surface area contributed by atoms with Gasteiger partial charge in [0.05, 0.1) is 0 Å². The highest BCUT2D eigenvalue weighted by molar-refractivity contribution is 5.85. The topological polar surface area (TPSA) is 69.6 Å². The largest absolute Gasteiger partial charge is 0.480 e. The maximum absolute atomic E-state index is 12.4. The van der Waals surface area contributed by atoms with Crippen LogP contribution in [-0.4, -0.2) is 40.1 Å². The number of hydrogen-bond donors (Lipinski definition) is 2. The number of carboxylic acid groups (broad SMARTS) is 1. The Hall–Kier alpha value is -1.26. The number of carbonyl (C=O) groups excluding carboxylic acids is 1. The molecule has 20 heavy (non-hydrogen) atoms. The number of hydrogen-bond acceptors (Lipinski definition) is 2. The maximum Gasteiger partial charge on any atom is 0.329 e. The predicted molar refractivity (Wildman–Crippen MR) is 74.2 cm³/mol. The summed E-state index contributed by atoms with van der Waals surface area (Å²) in [5, 5.41) is 12.4. The first-order valence-corrected chi connectivity index (χ1v) is 7.69. The van der Waals surface area contributed by atoms with Crippen LogP contribution in [0.1, 0.15) is 40.0 Å². The molecule has 0 saturated heterocycles. The SMILES string of the molecule is CCN(C(=O)NC1C2C3CCC(C3)C12)C(C)(C)C(=O)O. The summed E-state index contributed by atoms with van der Waals surface area (Å²) in [6, 6.07) is 0.0751. The summed E-state index contributed by atoms with van der Waals surface area (Å²) < 4.78 is 0. The lowest BCUT2D eigenvalue weighted by molar-refractivity contribution is -0.147. The summed E-state index contributed by atoms with van der Waals surface area (Å²) in [5.74, 6) is 1.98. The Bertz CT molecular complexity index is 432. The zero-order valence-corrected chi connectivity index (χ0v) is 12.4. The van der Waals surface area contributed by atoms with Crippen LogP contribution in [-0.2, 0) is 4.79 Å². The Morgan fingerprint density at radius 2 is 1.80 bits per heavy atom. The minimum Gasteiger partial charge on any atom is -0.480 e.